The minimum absolute atomic E-state index is 0.234. The van der Waals surface area contributed by atoms with Crippen molar-refractivity contribution in [2.24, 2.45) is 0 Å². The van der Waals surface area contributed by atoms with Crippen LogP contribution in [0.4, 0.5) is 4.79 Å². The molecule has 0 bridgehead atoms. The second kappa shape index (κ2) is 10.4. The van der Waals surface area contributed by atoms with Crippen LogP contribution in [-0.2, 0) is 11.3 Å². The summed E-state index contributed by atoms with van der Waals surface area (Å²) < 4.78 is 12.3. The number of hydrogen-bond donors (Lipinski definition) is 0. The van der Waals surface area contributed by atoms with Crippen molar-refractivity contribution in [3.05, 3.63) is 73.7 Å². The van der Waals surface area contributed by atoms with Crippen LogP contribution in [0.3, 0.4) is 0 Å². The molecule has 0 saturated carbocycles. The summed E-state index contributed by atoms with van der Waals surface area (Å²) >= 11 is 9.49. The molecule has 1 fully saturated rings. The number of nitrogens with zero attached hydrogens (tertiary/aromatic N) is 1. The number of carbonyl (C=O) groups is 2. The first-order valence-electron chi connectivity index (χ1n) is 9.12. The molecule has 0 aromatic heterocycles. The number of ether oxygens (including phenoxy) is 2. The number of hydrogen-bond acceptors (Lipinski definition) is 5. The first-order valence-corrected chi connectivity index (χ1v) is 11.4. The van der Waals surface area contributed by atoms with E-state index in [0.717, 1.165) is 20.9 Å². The van der Waals surface area contributed by atoms with Crippen molar-refractivity contribution >= 4 is 63.2 Å². The maximum absolute atomic E-state index is 12.8. The number of carbonyl (C=O) groups excluding carboxylic acids is 2. The summed E-state index contributed by atoms with van der Waals surface area (Å²) in [7, 11) is 0. The van der Waals surface area contributed by atoms with Gasteiger partial charge < -0.3 is 9.47 Å². The fourth-order valence-corrected chi connectivity index (χ4v) is 4.25. The number of benzene rings is 2. The van der Waals surface area contributed by atoms with E-state index in [4.69, 9.17) is 21.1 Å². The minimum atomic E-state index is -0.329. The Labute approximate surface area is 198 Å². The minimum Gasteiger partial charge on any atom is -0.490 e. The Kier molecular flexibility index (Phi) is 7.85. The lowest BCUT2D eigenvalue weighted by Gasteiger charge is -2.14. The first kappa shape index (κ1) is 22.7. The van der Waals surface area contributed by atoms with Gasteiger partial charge in [0.2, 0.25) is 0 Å². The largest absolute Gasteiger partial charge is 0.490 e. The standard InChI is InChI=1S/C22H19ClINO4S/c1-3-9-29-20-17(23)10-15(11-18(20)28-4-2)12-19-21(26)25(22(27)30-19)13-14-5-7-16(24)8-6-14/h3,5-8,10-12H,1,4,9,13H2,2H3/b19-12-. The molecule has 1 aliphatic rings. The van der Waals surface area contributed by atoms with Crippen LogP contribution in [0.1, 0.15) is 18.1 Å². The first-order chi connectivity index (χ1) is 14.4. The molecule has 30 heavy (non-hydrogen) atoms. The van der Waals surface area contributed by atoms with Gasteiger partial charge in [0, 0.05) is 3.57 Å². The number of imide groups is 1. The fraction of sp³-hybridized carbons (Fsp3) is 0.182. The zero-order chi connectivity index (χ0) is 21.7. The van der Waals surface area contributed by atoms with Crippen LogP contribution in [0.25, 0.3) is 6.08 Å². The second-order valence-corrected chi connectivity index (χ2v) is 8.90. The van der Waals surface area contributed by atoms with Gasteiger partial charge in [0.05, 0.1) is 23.1 Å². The molecule has 5 nitrogen and oxygen atoms in total. The molecule has 2 aromatic carbocycles. The van der Waals surface area contributed by atoms with Gasteiger partial charge in [-0.15, -0.1) is 0 Å². The molecule has 1 saturated heterocycles. The summed E-state index contributed by atoms with van der Waals surface area (Å²) in [6, 6.07) is 11.1. The third kappa shape index (κ3) is 5.39. The zero-order valence-electron chi connectivity index (χ0n) is 16.2. The molecule has 0 atom stereocenters. The third-order valence-corrected chi connectivity index (χ3v) is 6.01. The molecular weight excluding hydrogens is 537 g/mol. The van der Waals surface area contributed by atoms with Crippen LogP contribution in [0.15, 0.2) is 54.0 Å². The zero-order valence-corrected chi connectivity index (χ0v) is 19.9. The van der Waals surface area contributed by atoms with E-state index in [-0.39, 0.29) is 24.3 Å². The van der Waals surface area contributed by atoms with E-state index in [1.807, 2.05) is 31.2 Å². The summed E-state index contributed by atoms with van der Waals surface area (Å²) in [5, 5.41) is 0.0547. The van der Waals surface area contributed by atoms with Gasteiger partial charge in [-0.3, -0.25) is 14.5 Å². The summed E-state index contributed by atoms with van der Waals surface area (Å²) in [6.07, 6.45) is 3.26. The predicted octanol–water partition coefficient (Wildman–Crippen LogP) is 6.14. The Hall–Kier alpha value is -1.97. The lowest BCUT2D eigenvalue weighted by Crippen LogP contribution is -2.27. The van der Waals surface area contributed by atoms with Crippen molar-refractivity contribution in [3.8, 4) is 11.5 Å². The van der Waals surface area contributed by atoms with E-state index in [0.29, 0.717) is 33.6 Å². The predicted molar refractivity (Wildman–Crippen MR) is 129 cm³/mol. The van der Waals surface area contributed by atoms with Crippen molar-refractivity contribution in [1.29, 1.82) is 0 Å². The Morgan fingerprint density at radius 2 is 1.93 bits per heavy atom. The van der Waals surface area contributed by atoms with Gasteiger partial charge in [0.15, 0.2) is 11.5 Å². The van der Waals surface area contributed by atoms with Gasteiger partial charge in [-0.1, -0.05) is 36.4 Å². The Balaban J connectivity index is 1.85. The molecule has 8 heteroatoms. The van der Waals surface area contributed by atoms with Crippen LogP contribution < -0.4 is 9.47 Å². The second-order valence-electron chi connectivity index (χ2n) is 6.26. The Morgan fingerprint density at radius 1 is 1.20 bits per heavy atom. The fourth-order valence-electron chi connectivity index (χ4n) is 2.78. The van der Waals surface area contributed by atoms with Crippen LogP contribution in [0.2, 0.25) is 5.02 Å². The van der Waals surface area contributed by atoms with E-state index in [9.17, 15) is 9.59 Å². The van der Waals surface area contributed by atoms with Crippen LogP contribution >= 0.6 is 46.0 Å². The highest BCUT2D eigenvalue weighted by Gasteiger charge is 2.35. The molecule has 0 spiro atoms. The SMILES string of the molecule is C=CCOc1c(Cl)cc(/C=C2\SC(=O)N(Cc3ccc(I)cc3)C2=O)cc1OCC. The highest BCUT2D eigenvalue weighted by atomic mass is 127. The van der Waals surface area contributed by atoms with E-state index < -0.39 is 0 Å². The van der Waals surface area contributed by atoms with Crippen molar-refractivity contribution in [1.82, 2.24) is 4.90 Å². The monoisotopic (exact) mass is 555 g/mol. The van der Waals surface area contributed by atoms with Crippen LogP contribution in [0, 0.1) is 3.57 Å². The van der Waals surface area contributed by atoms with Crippen LogP contribution in [-0.4, -0.2) is 29.3 Å². The lowest BCUT2D eigenvalue weighted by atomic mass is 10.1. The summed E-state index contributed by atoms with van der Waals surface area (Å²) in [5.74, 6) is 0.559. The molecule has 1 heterocycles. The number of thioether (sulfide) groups is 1. The molecule has 0 aliphatic carbocycles. The maximum Gasteiger partial charge on any atom is 0.293 e. The number of amides is 2. The average Bonchev–Trinajstić information content (AvgIpc) is 2.96. The molecule has 156 valence electrons. The quantitative estimate of drug-likeness (QED) is 0.222. The van der Waals surface area contributed by atoms with Gasteiger partial charge in [-0.2, -0.15) is 0 Å². The van der Waals surface area contributed by atoms with Crippen molar-refractivity contribution < 1.29 is 19.1 Å². The van der Waals surface area contributed by atoms with Crippen molar-refractivity contribution in [2.45, 2.75) is 13.5 Å². The van der Waals surface area contributed by atoms with Crippen molar-refractivity contribution in [3.63, 3.8) is 0 Å². The summed E-state index contributed by atoms with van der Waals surface area (Å²) in [4.78, 5) is 26.8. The van der Waals surface area contributed by atoms with Gasteiger partial charge >= 0.3 is 0 Å². The number of halogens is 2. The lowest BCUT2D eigenvalue weighted by molar-refractivity contribution is -0.123. The molecule has 2 amide bonds. The molecule has 0 radical (unpaired) electrons. The molecule has 3 rings (SSSR count). The average molecular weight is 556 g/mol. The topological polar surface area (TPSA) is 55.8 Å². The highest BCUT2D eigenvalue weighted by Crippen LogP contribution is 2.39. The van der Waals surface area contributed by atoms with Gasteiger partial charge in [-0.25, -0.2) is 0 Å². The Bertz CT molecular complexity index is 1010. The van der Waals surface area contributed by atoms with E-state index in [1.165, 1.54) is 4.90 Å². The van der Waals surface area contributed by atoms with E-state index in [1.54, 1.807) is 24.3 Å². The van der Waals surface area contributed by atoms with Gasteiger partial charge in [0.25, 0.3) is 11.1 Å². The highest BCUT2D eigenvalue weighted by molar-refractivity contribution is 14.1. The molecule has 0 N–H and O–H groups in total. The molecule has 0 unspecified atom stereocenters. The van der Waals surface area contributed by atoms with Gasteiger partial charge in [-0.05, 0) is 82.7 Å². The number of rotatable bonds is 8. The summed E-state index contributed by atoms with van der Waals surface area (Å²) in [6.45, 7) is 6.43. The van der Waals surface area contributed by atoms with E-state index in [2.05, 4.69) is 29.2 Å². The molecular formula is C22H19ClINO4S. The Morgan fingerprint density at radius 3 is 2.60 bits per heavy atom. The van der Waals surface area contributed by atoms with Crippen molar-refractivity contribution in [2.75, 3.05) is 13.2 Å². The molecule has 2 aromatic rings. The van der Waals surface area contributed by atoms with Gasteiger partial charge in [0.1, 0.15) is 6.61 Å². The summed E-state index contributed by atoms with van der Waals surface area (Å²) in [5.41, 5.74) is 1.54. The van der Waals surface area contributed by atoms with E-state index >= 15 is 0 Å². The van der Waals surface area contributed by atoms with Crippen LogP contribution in [0.5, 0.6) is 11.5 Å². The normalized spacial score (nSPS) is 15.0. The smallest absolute Gasteiger partial charge is 0.293 e. The molecule has 1 aliphatic heterocycles. The maximum atomic E-state index is 12.8. The third-order valence-electron chi connectivity index (χ3n) is 4.10.